The van der Waals surface area contributed by atoms with Crippen LogP contribution >= 0.6 is 0 Å². The third kappa shape index (κ3) is 5.40. The minimum atomic E-state index is -3.86. The summed E-state index contributed by atoms with van der Waals surface area (Å²) in [7, 11) is -2.28. The Balaban J connectivity index is 2.38. The van der Waals surface area contributed by atoms with Gasteiger partial charge in [0, 0.05) is 32.7 Å². The zero-order valence-electron chi connectivity index (χ0n) is 16.1. The molecule has 0 aliphatic heterocycles. The Bertz CT molecular complexity index is 953. The highest BCUT2D eigenvalue weighted by molar-refractivity contribution is 7.91. The molecule has 0 atom stereocenters. The third-order valence-electron chi connectivity index (χ3n) is 3.98. The van der Waals surface area contributed by atoms with Crippen LogP contribution in [0, 0.1) is 6.92 Å². The second-order valence-corrected chi connectivity index (χ2v) is 8.23. The van der Waals surface area contributed by atoms with Gasteiger partial charge < -0.3 is 15.4 Å². The Morgan fingerprint density at radius 2 is 1.75 bits per heavy atom. The maximum Gasteiger partial charge on any atom is 0.251 e. The topological polar surface area (TPSA) is 102 Å². The quantitative estimate of drug-likeness (QED) is 0.659. The van der Waals surface area contributed by atoms with Crippen LogP contribution in [-0.4, -0.2) is 40.5 Å². The van der Waals surface area contributed by atoms with Crippen LogP contribution in [0.1, 0.15) is 29.3 Å². The van der Waals surface area contributed by atoms with Crippen molar-refractivity contribution in [2.24, 2.45) is 0 Å². The van der Waals surface area contributed by atoms with E-state index in [-0.39, 0.29) is 26.9 Å². The Kier molecular flexibility index (Phi) is 7.31. The number of hydrogen-bond donors (Lipinski definition) is 2. The molecule has 0 bridgehead atoms. The number of methoxy groups -OCH3 is 1. The molecular formula is C20H24N2O5S. The van der Waals surface area contributed by atoms with Crippen LogP contribution in [0.3, 0.4) is 0 Å². The van der Waals surface area contributed by atoms with Crippen LogP contribution < -0.4 is 10.6 Å². The maximum atomic E-state index is 13.0. The van der Waals surface area contributed by atoms with Gasteiger partial charge in [-0.2, -0.15) is 0 Å². The number of carbonyl (C=O) groups is 2. The number of amides is 2. The first kappa shape index (κ1) is 21.6. The molecule has 0 aliphatic carbocycles. The highest BCUT2D eigenvalue weighted by Gasteiger charge is 2.23. The van der Waals surface area contributed by atoms with Crippen molar-refractivity contribution in [3.63, 3.8) is 0 Å². The molecule has 8 heteroatoms. The number of benzene rings is 2. The van der Waals surface area contributed by atoms with Crippen LogP contribution in [0.2, 0.25) is 0 Å². The van der Waals surface area contributed by atoms with E-state index in [4.69, 9.17) is 4.74 Å². The molecule has 7 nitrogen and oxygen atoms in total. The Morgan fingerprint density at radius 3 is 2.36 bits per heavy atom. The number of anilines is 1. The molecule has 150 valence electrons. The summed E-state index contributed by atoms with van der Waals surface area (Å²) in [6.07, 6.45) is 0.653. The second kappa shape index (κ2) is 9.48. The van der Waals surface area contributed by atoms with Gasteiger partial charge in [0.15, 0.2) is 0 Å². The number of aryl methyl sites for hydroxylation is 1. The highest BCUT2D eigenvalue weighted by Crippen LogP contribution is 2.29. The molecule has 0 saturated carbocycles. The molecule has 0 heterocycles. The van der Waals surface area contributed by atoms with Gasteiger partial charge in [0.05, 0.1) is 15.5 Å². The normalized spacial score (nSPS) is 11.1. The minimum absolute atomic E-state index is 0.0671. The third-order valence-corrected chi connectivity index (χ3v) is 5.81. The van der Waals surface area contributed by atoms with Crippen molar-refractivity contribution in [2.75, 3.05) is 25.6 Å². The summed E-state index contributed by atoms with van der Waals surface area (Å²) in [5.41, 5.74) is 1.25. The summed E-state index contributed by atoms with van der Waals surface area (Å²) in [4.78, 5) is 23.9. The van der Waals surface area contributed by atoms with Gasteiger partial charge in [-0.1, -0.05) is 17.7 Å². The lowest BCUT2D eigenvalue weighted by Gasteiger charge is -2.13. The number of carbonyl (C=O) groups excluding carboxylic acids is 2. The fraction of sp³-hybridized carbons (Fsp3) is 0.300. The van der Waals surface area contributed by atoms with Gasteiger partial charge in [-0.3, -0.25) is 9.59 Å². The molecule has 0 fully saturated rings. The average Bonchev–Trinajstić information content (AvgIpc) is 2.64. The van der Waals surface area contributed by atoms with E-state index in [1.165, 1.54) is 37.3 Å². The van der Waals surface area contributed by atoms with E-state index >= 15 is 0 Å². The van der Waals surface area contributed by atoms with Crippen molar-refractivity contribution >= 4 is 27.3 Å². The lowest BCUT2D eigenvalue weighted by Crippen LogP contribution is -2.25. The molecule has 0 aliphatic rings. The van der Waals surface area contributed by atoms with Crippen LogP contribution in [0.15, 0.2) is 52.3 Å². The van der Waals surface area contributed by atoms with Crippen LogP contribution in [0.25, 0.3) is 0 Å². The van der Waals surface area contributed by atoms with Crippen molar-refractivity contribution in [3.8, 4) is 0 Å². The average molecular weight is 404 g/mol. The van der Waals surface area contributed by atoms with Gasteiger partial charge >= 0.3 is 0 Å². The predicted octanol–water partition coefficient (Wildman–Crippen LogP) is 2.55. The first-order valence-corrected chi connectivity index (χ1v) is 10.2. The van der Waals surface area contributed by atoms with E-state index in [0.717, 1.165) is 5.56 Å². The van der Waals surface area contributed by atoms with Gasteiger partial charge in [0.2, 0.25) is 15.7 Å². The largest absolute Gasteiger partial charge is 0.385 e. The molecule has 2 aromatic rings. The zero-order valence-corrected chi connectivity index (χ0v) is 16.9. The van der Waals surface area contributed by atoms with Crippen molar-refractivity contribution in [1.82, 2.24) is 5.32 Å². The molecule has 0 aromatic heterocycles. The molecule has 2 aromatic carbocycles. The van der Waals surface area contributed by atoms with E-state index in [1.807, 2.05) is 6.92 Å². The summed E-state index contributed by atoms with van der Waals surface area (Å²) in [6.45, 7) is 4.08. The summed E-state index contributed by atoms with van der Waals surface area (Å²) in [5.74, 6) is -0.792. The predicted molar refractivity (Wildman–Crippen MR) is 106 cm³/mol. The van der Waals surface area contributed by atoms with Crippen molar-refractivity contribution in [2.45, 2.75) is 30.1 Å². The summed E-state index contributed by atoms with van der Waals surface area (Å²) < 4.78 is 30.9. The molecule has 2 N–H and O–H groups in total. The number of ether oxygens (including phenoxy) is 1. The van der Waals surface area contributed by atoms with E-state index in [2.05, 4.69) is 10.6 Å². The molecule has 28 heavy (non-hydrogen) atoms. The monoisotopic (exact) mass is 404 g/mol. The number of nitrogens with one attached hydrogen (secondary N) is 2. The number of sulfone groups is 1. The van der Waals surface area contributed by atoms with Crippen molar-refractivity contribution in [1.29, 1.82) is 0 Å². The Morgan fingerprint density at radius 1 is 1.07 bits per heavy atom. The number of hydrogen-bond acceptors (Lipinski definition) is 5. The molecule has 2 amide bonds. The first-order valence-electron chi connectivity index (χ1n) is 8.76. The second-order valence-electron chi connectivity index (χ2n) is 6.31. The molecule has 0 saturated heterocycles. The van der Waals surface area contributed by atoms with Gasteiger partial charge in [-0.25, -0.2) is 8.42 Å². The van der Waals surface area contributed by atoms with Gasteiger partial charge in [-0.05, 0) is 43.7 Å². The highest BCUT2D eigenvalue weighted by atomic mass is 32.2. The van der Waals surface area contributed by atoms with Crippen molar-refractivity contribution < 1.29 is 22.7 Å². The molecule has 0 unspecified atom stereocenters. The van der Waals surface area contributed by atoms with Crippen LogP contribution in [-0.2, 0) is 19.4 Å². The van der Waals surface area contributed by atoms with E-state index in [9.17, 15) is 18.0 Å². The zero-order chi connectivity index (χ0) is 20.7. The van der Waals surface area contributed by atoms with Crippen LogP contribution in [0.4, 0.5) is 5.69 Å². The van der Waals surface area contributed by atoms with E-state index in [1.54, 1.807) is 19.2 Å². The van der Waals surface area contributed by atoms with Crippen molar-refractivity contribution in [3.05, 3.63) is 53.6 Å². The summed E-state index contributed by atoms with van der Waals surface area (Å²) in [6, 6.07) is 10.6. The molecule has 2 rings (SSSR count). The van der Waals surface area contributed by atoms with E-state index in [0.29, 0.717) is 19.6 Å². The fourth-order valence-corrected chi connectivity index (χ4v) is 3.95. The van der Waals surface area contributed by atoms with Gasteiger partial charge in [0.25, 0.3) is 5.91 Å². The molecule has 0 radical (unpaired) electrons. The smallest absolute Gasteiger partial charge is 0.251 e. The fourth-order valence-electron chi connectivity index (χ4n) is 2.56. The minimum Gasteiger partial charge on any atom is -0.385 e. The van der Waals surface area contributed by atoms with Crippen LogP contribution in [0.5, 0.6) is 0 Å². The standard InChI is InChI=1S/C20H24N2O5S/c1-14-5-8-17(9-6-14)28(25,26)19-10-7-16(13-18(19)22-15(2)23)20(24)21-11-4-12-27-3/h5-10,13H,4,11-12H2,1-3H3,(H,21,24)(H,22,23). The van der Waals surface area contributed by atoms with E-state index < -0.39 is 15.7 Å². The number of rotatable bonds is 8. The molecular weight excluding hydrogens is 380 g/mol. The summed E-state index contributed by atoms with van der Waals surface area (Å²) >= 11 is 0. The molecule has 0 spiro atoms. The maximum absolute atomic E-state index is 13.0. The Hall–Kier alpha value is -2.71. The Labute approximate surface area is 165 Å². The van der Waals surface area contributed by atoms with Gasteiger partial charge in [0.1, 0.15) is 0 Å². The summed E-state index contributed by atoms with van der Waals surface area (Å²) in [5, 5.41) is 5.24. The van der Waals surface area contributed by atoms with Gasteiger partial charge in [-0.15, -0.1) is 0 Å². The lowest BCUT2D eigenvalue weighted by atomic mass is 10.2. The first-order chi connectivity index (χ1) is 13.3. The SMILES string of the molecule is COCCCNC(=O)c1ccc(S(=O)(=O)c2ccc(C)cc2)c(NC(C)=O)c1. The lowest BCUT2D eigenvalue weighted by molar-refractivity contribution is -0.114.